The molecule has 0 atom stereocenters. The Morgan fingerprint density at radius 2 is 2.27 bits per heavy atom. The number of nitro groups is 1. The largest absolute Gasteiger partial charge is 0.280 e. The lowest BCUT2D eigenvalue weighted by Gasteiger charge is -2.06. The fourth-order valence-corrected chi connectivity index (χ4v) is 2.16. The first-order chi connectivity index (χ1) is 6.97. The summed E-state index contributed by atoms with van der Waals surface area (Å²) in [6.07, 6.45) is -2.81. The lowest BCUT2D eigenvalue weighted by molar-refractivity contribution is -0.385. The molecule has 0 spiro atoms. The van der Waals surface area contributed by atoms with E-state index in [1.165, 1.54) is 6.07 Å². The van der Waals surface area contributed by atoms with Crippen LogP contribution in [-0.4, -0.2) is 9.91 Å². The van der Waals surface area contributed by atoms with Crippen molar-refractivity contribution in [3.05, 3.63) is 31.1 Å². The van der Waals surface area contributed by atoms with Crippen molar-refractivity contribution in [3.63, 3.8) is 0 Å². The van der Waals surface area contributed by atoms with Crippen LogP contribution in [-0.2, 0) is 5.33 Å². The number of hydrogen-bond donors (Lipinski definition) is 0. The van der Waals surface area contributed by atoms with Crippen molar-refractivity contribution in [1.82, 2.24) is 4.98 Å². The van der Waals surface area contributed by atoms with E-state index in [9.17, 15) is 18.9 Å². The highest BCUT2D eigenvalue weighted by Crippen LogP contribution is 2.31. The molecule has 0 aliphatic carbocycles. The number of aromatic nitrogens is 1. The summed E-state index contributed by atoms with van der Waals surface area (Å²) in [6, 6.07) is 1.17. The quantitative estimate of drug-likeness (QED) is 0.260. The number of nitrogens with zero attached hydrogens (tertiary/aromatic N) is 2. The lowest BCUT2D eigenvalue weighted by atomic mass is 10.2. The van der Waals surface area contributed by atoms with E-state index in [-0.39, 0.29) is 20.3 Å². The molecule has 4 nitrogen and oxygen atoms in total. The van der Waals surface area contributed by atoms with Crippen LogP contribution in [0.4, 0.5) is 14.5 Å². The first kappa shape index (κ1) is 12.7. The Morgan fingerprint density at radius 3 is 2.67 bits per heavy atom. The van der Waals surface area contributed by atoms with Crippen molar-refractivity contribution in [2.45, 2.75) is 11.8 Å². The monoisotopic (exact) mass is 392 g/mol. The fourth-order valence-electron chi connectivity index (χ4n) is 1.03. The van der Waals surface area contributed by atoms with Crippen LogP contribution in [0.2, 0.25) is 0 Å². The summed E-state index contributed by atoms with van der Waals surface area (Å²) in [7, 11) is 0. The van der Waals surface area contributed by atoms with E-state index in [2.05, 4.69) is 20.9 Å². The SMILES string of the molecule is O=[N+]([O-])c1cc(I)nc(C(F)F)c1CBr. The minimum absolute atomic E-state index is 0.0209. The molecule has 0 saturated heterocycles. The van der Waals surface area contributed by atoms with Crippen LogP contribution >= 0.6 is 38.5 Å². The number of hydrogen-bond acceptors (Lipinski definition) is 3. The van der Waals surface area contributed by atoms with E-state index < -0.39 is 17.0 Å². The van der Waals surface area contributed by atoms with Gasteiger partial charge in [-0.05, 0) is 22.6 Å². The minimum Gasteiger partial charge on any atom is -0.258 e. The number of pyridine rings is 1. The molecule has 0 fully saturated rings. The van der Waals surface area contributed by atoms with E-state index in [1.807, 2.05) is 0 Å². The molecule has 0 unspecified atom stereocenters. The average molecular weight is 393 g/mol. The standard InChI is InChI=1S/C7H4BrF2IN2O2/c8-2-3-4(13(14)15)1-5(11)12-6(3)7(9)10/h1,7H,2H2. The van der Waals surface area contributed by atoms with Gasteiger partial charge in [-0.25, -0.2) is 13.8 Å². The van der Waals surface area contributed by atoms with E-state index in [4.69, 9.17) is 0 Å². The van der Waals surface area contributed by atoms with Gasteiger partial charge >= 0.3 is 0 Å². The second-order valence-corrected chi connectivity index (χ2v) is 4.19. The molecule has 0 radical (unpaired) electrons. The molecule has 1 aromatic rings. The Bertz CT molecular complexity index is 403. The average Bonchev–Trinajstić information content (AvgIpc) is 2.16. The molecule has 0 bridgehead atoms. The predicted octanol–water partition coefficient (Wildman–Crippen LogP) is 3.43. The minimum atomic E-state index is -2.81. The molecule has 15 heavy (non-hydrogen) atoms. The first-order valence-corrected chi connectivity index (χ1v) is 5.85. The molecule has 1 rings (SSSR count). The lowest BCUT2D eigenvalue weighted by Crippen LogP contribution is -2.03. The number of rotatable bonds is 3. The van der Waals surface area contributed by atoms with E-state index in [1.54, 1.807) is 22.6 Å². The fraction of sp³-hybridized carbons (Fsp3) is 0.286. The molecular formula is C7H4BrF2IN2O2. The summed E-state index contributed by atoms with van der Waals surface area (Å²) in [5.74, 6) is 0. The Labute approximate surface area is 105 Å². The Hall–Kier alpha value is -0.380. The van der Waals surface area contributed by atoms with Crippen LogP contribution in [0.15, 0.2) is 6.07 Å². The van der Waals surface area contributed by atoms with Gasteiger partial charge in [0.05, 0.1) is 10.5 Å². The molecule has 8 heteroatoms. The second kappa shape index (κ2) is 5.10. The molecule has 0 saturated carbocycles. The first-order valence-electron chi connectivity index (χ1n) is 3.65. The Balaban J connectivity index is 3.45. The Kier molecular flexibility index (Phi) is 4.32. The van der Waals surface area contributed by atoms with Crippen LogP contribution in [0.1, 0.15) is 17.7 Å². The van der Waals surface area contributed by atoms with Crippen LogP contribution in [0.5, 0.6) is 0 Å². The van der Waals surface area contributed by atoms with Crippen LogP contribution < -0.4 is 0 Å². The van der Waals surface area contributed by atoms with Gasteiger partial charge in [-0.1, -0.05) is 15.9 Å². The normalized spacial score (nSPS) is 10.7. The Morgan fingerprint density at radius 1 is 1.67 bits per heavy atom. The van der Waals surface area contributed by atoms with Crippen LogP contribution in [0.25, 0.3) is 0 Å². The zero-order valence-corrected chi connectivity index (χ0v) is 10.8. The van der Waals surface area contributed by atoms with Gasteiger partial charge in [-0.2, -0.15) is 0 Å². The second-order valence-electron chi connectivity index (χ2n) is 2.52. The maximum Gasteiger partial charge on any atom is 0.280 e. The molecule has 82 valence electrons. The molecule has 1 heterocycles. The summed E-state index contributed by atoms with van der Waals surface area (Å²) in [6.45, 7) is 0. The smallest absolute Gasteiger partial charge is 0.258 e. The highest BCUT2D eigenvalue weighted by Gasteiger charge is 2.24. The van der Waals surface area contributed by atoms with Crippen molar-refractivity contribution < 1.29 is 13.7 Å². The number of alkyl halides is 3. The summed E-state index contributed by atoms with van der Waals surface area (Å²) >= 11 is 4.61. The zero-order valence-electron chi connectivity index (χ0n) is 7.08. The van der Waals surface area contributed by atoms with E-state index in [0.29, 0.717) is 0 Å². The van der Waals surface area contributed by atoms with Crippen molar-refractivity contribution in [3.8, 4) is 0 Å². The maximum absolute atomic E-state index is 12.5. The molecule has 0 aliphatic heterocycles. The van der Waals surface area contributed by atoms with Crippen LogP contribution in [0, 0.1) is 13.8 Å². The highest BCUT2D eigenvalue weighted by atomic mass is 127. The van der Waals surface area contributed by atoms with Gasteiger partial charge in [-0.3, -0.25) is 10.1 Å². The highest BCUT2D eigenvalue weighted by molar-refractivity contribution is 14.1. The van der Waals surface area contributed by atoms with Gasteiger partial charge in [0.15, 0.2) is 0 Å². The third-order valence-corrected chi connectivity index (χ3v) is 2.75. The third-order valence-electron chi connectivity index (χ3n) is 1.64. The predicted molar refractivity (Wildman–Crippen MR) is 61.2 cm³/mol. The van der Waals surface area contributed by atoms with Gasteiger partial charge in [0.1, 0.15) is 9.39 Å². The molecular weight excluding hydrogens is 389 g/mol. The molecule has 1 aromatic heterocycles. The van der Waals surface area contributed by atoms with Gasteiger partial charge in [0.25, 0.3) is 12.1 Å². The number of halogens is 4. The third kappa shape index (κ3) is 2.80. The van der Waals surface area contributed by atoms with Crippen LogP contribution in [0.3, 0.4) is 0 Å². The van der Waals surface area contributed by atoms with Crippen molar-refractivity contribution in [1.29, 1.82) is 0 Å². The summed E-state index contributed by atoms with van der Waals surface area (Å²) in [4.78, 5) is 13.5. The summed E-state index contributed by atoms with van der Waals surface area (Å²) in [5.41, 5.74) is -0.942. The van der Waals surface area contributed by atoms with Gasteiger partial charge in [-0.15, -0.1) is 0 Å². The molecule has 0 N–H and O–H groups in total. The van der Waals surface area contributed by atoms with Crippen molar-refractivity contribution in [2.75, 3.05) is 0 Å². The van der Waals surface area contributed by atoms with Gasteiger partial charge < -0.3 is 0 Å². The topological polar surface area (TPSA) is 56.0 Å². The van der Waals surface area contributed by atoms with Crippen molar-refractivity contribution in [2.24, 2.45) is 0 Å². The maximum atomic E-state index is 12.5. The summed E-state index contributed by atoms with van der Waals surface area (Å²) < 4.78 is 25.2. The van der Waals surface area contributed by atoms with Gasteiger partial charge in [0.2, 0.25) is 0 Å². The molecule has 0 aliphatic rings. The van der Waals surface area contributed by atoms with Crippen molar-refractivity contribution >= 4 is 44.2 Å². The van der Waals surface area contributed by atoms with E-state index in [0.717, 1.165) is 0 Å². The van der Waals surface area contributed by atoms with Gasteiger partial charge in [0, 0.05) is 11.4 Å². The molecule has 0 aromatic carbocycles. The summed E-state index contributed by atoms with van der Waals surface area (Å²) in [5, 5.41) is 10.6. The van der Waals surface area contributed by atoms with E-state index >= 15 is 0 Å². The zero-order chi connectivity index (χ0) is 11.6. The molecule has 0 amide bonds.